The maximum absolute atomic E-state index is 11.3. The molecule has 0 aliphatic carbocycles. The number of halogens is 1. The van der Waals surface area contributed by atoms with Crippen molar-refractivity contribution in [2.75, 3.05) is 5.88 Å². The van der Waals surface area contributed by atoms with Gasteiger partial charge in [-0.05, 0) is 23.9 Å². The summed E-state index contributed by atoms with van der Waals surface area (Å²) in [5, 5.41) is 5.02. The summed E-state index contributed by atoms with van der Waals surface area (Å²) in [5.41, 5.74) is 1.07. The Hall–Kier alpha value is -1.61. The van der Waals surface area contributed by atoms with Crippen molar-refractivity contribution in [2.45, 2.75) is 13.0 Å². The van der Waals surface area contributed by atoms with Crippen LogP contribution in [-0.4, -0.2) is 16.8 Å². The van der Waals surface area contributed by atoms with Crippen LogP contribution in [0.2, 0.25) is 0 Å². The number of benzene rings is 1. The second-order valence-electron chi connectivity index (χ2n) is 3.87. The molecule has 0 saturated carbocycles. The molecule has 1 heterocycles. The molecule has 2 aromatic rings. The highest BCUT2D eigenvalue weighted by molar-refractivity contribution is 6.27. The van der Waals surface area contributed by atoms with Crippen LogP contribution in [0.3, 0.4) is 0 Å². The van der Waals surface area contributed by atoms with E-state index in [0.717, 1.165) is 16.3 Å². The van der Waals surface area contributed by atoms with Gasteiger partial charge in [-0.2, -0.15) is 0 Å². The fourth-order valence-electron chi connectivity index (χ4n) is 1.88. The van der Waals surface area contributed by atoms with E-state index >= 15 is 0 Å². The Morgan fingerprint density at radius 1 is 1.47 bits per heavy atom. The third-order valence-corrected chi connectivity index (χ3v) is 2.92. The van der Waals surface area contributed by atoms with Gasteiger partial charge in [0.05, 0.1) is 6.04 Å². The van der Waals surface area contributed by atoms with Crippen LogP contribution >= 0.6 is 11.6 Å². The molecule has 0 fully saturated rings. The Bertz CT molecular complexity index is 536. The van der Waals surface area contributed by atoms with Crippen LogP contribution in [0.1, 0.15) is 18.5 Å². The van der Waals surface area contributed by atoms with E-state index in [2.05, 4.69) is 10.3 Å². The van der Waals surface area contributed by atoms with E-state index in [-0.39, 0.29) is 17.8 Å². The number of nitrogens with zero attached hydrogens (tertiary/aromatic N) is 1. The lowest BCUT2D eigenvalue weighted by Gasteiger charge is -2.15. The average Bonchev–Trinajstić information content (AvgIpc) is 2.37. The van der Waals surface area contributed by atoms with Crippen LogP contribution in [0, 0.1) is 0 Å². The summed E-state index contributed by atoms with van der Waals surface area (Å²) in [4.78, 5) is 15.4. The van der Waals surface area contributed by atoms with Gasteiger partial charge in [0, 0.05) is 17.8 Å². The normalized spacial score (nSPS) is 12.4. The molecule has 1 aromatic heterocycles. The molecule has 3 nitrogen and oxygen atoms in total. The van der Waals surface area contributed by atoms with E-state index in [1.165, 1.54) is 0 Å². The predicted octanol–water partition coefficient (Wildman–Crippen LogP) is 2.65. The van der Waals surface area contributed by atoms with Gasteiger partial charge in [0.2, 0.25) is 5.91 Å². The van der Waals surface area contributed by atoms with Gasteiger partial charge < -0.3 is 5.32 Å². The maximum atomic E-state index is 11.3. The number of carbonyl (C=O) groups excluding carboxylic acids is 1. The third kappa shape index (κ3) is 2.56. The van der Waals surface area contributed by atoms with Gasteiger partial charge >= 0.3 is 0 Å². The fraction of sp³-hybridized carbons (Fsp3) is 0.231. The van der Waals surface area contributed by atoms with E-state index in [1.807, 2.05) is 37.4 Å². The lowest BCUT2D eigenvalue weighted by molar-refractivity contribution is -0.119. The molecular formula is C13H13ClN2O. The summed E-state index contributed by atoms with van der Waals surface area (Å²) in [5.74, 6) is -0.179. The summed E-state index contributed by atoms with van der Waals surface area (Å²) in [6.07, 6.45) is 3.57. The minimum atomic E-state index is -0.162. The molecule has 1 aromatic carbocycles. The van der Waals surface area contributed by atoms with E-state index in [9.17, 15) is 4.79 Å². The lowest BCUT2D eigenvalue weighted by atomic mass is 10.0. The first kappa shape index (κ1) is 11.9. The van der Waals surface area contributed by atoms with Gasteiger partial charge in [0.25, 0.3) is 0 Å². The van der Waals surface area contributed by atoms with Crippen LogP contribution < -0.4 is 5.32 Å². The molecule has 1 amide bonds. The van der Waals surface area contributed by atoms with Crippen LogP contribution in [0.5, 0.6) is 0 Å². The van der Waals surface area contributed by atoms with Gasteiger partial charge in [-0.1, -0.05) is 18.2 Å². The molecule has 0 aliphatic rings. The Balaban J connectivity index is 2.38. The zero-order valence-electron chi connectivity index (χ0n) is 9.48. The maximum Gasteiger partial charge on any atom is 0.235 e. The number of nitrogens with one attached hydrogen (secondary N) is 1. The first-order valence-electron chi connectivity index (χ1n) is 5.40. The van der Waals surface area contributed by atoms with Gasteiger partial charge in [0.15, 0.2) is 0 Å². The van der Waals surface area contributed by atoms with Crippen molar-refractivity contribution in [2.24, 2.45) is 0 Å². The minimum absolute atomic E-state index is 0.0172. The fourth-order valence-corrected chi connectivity index (χ4v) is 1.96. The summed E-state index contributed by atoms with van der Waals surface area (Å²) in [6.45, 7) is 1.94. The quantitative estimate of drug-likeness (QED) is 0.849. The van der Waals surface area contributed by atoms with Crippen LogP contribution in [0.15, 0.2) is 36.7 Å². The second kappa shape index (κ2) is 5.15. The van der Waals surface area contributed by atoms with E-state index in [4.69, 9.17) is 11.6 Å². The number of amides is 1. The highest BCUT2D eigenvalue weighted by Crippen LogP contribution is 2.23. The first-order valence-corrected chi connectivity index (χ1v) is 5.94. The van der Waals surface area contributed by atoms with Crippen molar-refractivity contribution < 1.29 is 4.79 Å². The molecule has 0 saturated heterocycles. The summed E-state index contributed by atoms with van der Waals surface area (Å²) < 4.78 is 0. The molecule has 0 bridgehead atoms. The van der Waals surface area contributed by atoms with Crippen LogP contribution in [-0.2, 0) is 4.79 Å². The zero-order valence-corrected chi connectivity index (χ0v) is 10.2. The molecule has 1 atom stereocenters. The first-order chi connectivity index (χ1) is 8.22. The predicted molar refractivity (Wildman–Crippen MR) is 69.0 cm³/mol. The Labute approximate surface area is 105 Å². The Morgan fingerprint density at radius 3 is 3.06 bits per heavy atom. The molecule has 0 spiro atoms. The van der Waals surface area contributed by atoms with Crippen molar-refractivity contribution in [3.8, 4) is 0 Å². The van der Waals surface area contributed by atoms with Gasteiger partial charge in [0.1, 0.15) is 5.88 Å². The SMILES string of the molecule is C[C@@H](NC(=O)CCl)c1cccc2cnccc12. The Kier molecular flexibility index (Phi) is 3.59. The number of aromatic nitrogens is 1. The molecule has 0 aliphatic heterocycles. The smallest absolute Gasteiger partial charge is 0.235 e. The molecule has 4 heteroatoms. The van der Waals surface area contributed by atoms with Gasteiger partial charge in [-0.15, -0.1) is 11.6 Å². The highest BCUT2D eigenvalue weighted by atomic mass is 35.5. The Morgan fingerprint density at radius 2 is 2.29 bits per heavy atom. The second-order valence-corrected chi connectivity index (χ2v) is 4.13. The average molecular weight is 249 g/mol. The topological polar surface area (TPSA) is 42.0 Å². The number of carbonyl (C=O) groups is 1. The number of hydrogen-bond acceptors (Lipinski definition) is 2. The zero-order chi connectivity index (χ0) is 12.3. The molecule has 88 valence electrons. The summed E-state index contributed by atoms with van der Waals surface area (Å²) >= 11 is 5.48. The third-order valence-electron chi connectivity index (χ3n) is 2.68. The van der Waals surface area contributed by atoms with Crippen molar-refractivity contribution >= 4 is 28.3 Å². The van der Waals surface area contributed by atoms with E-state index < -0.39 is 0 Å². The number of fused-ring (bicyclic) bond motifs is 1. The van der Waals surface area contributed by atoms with Crippen molar-refractivity contribution in [1.29, 1.82) is 0 Å². The number of pyridine rings is 1. The highest BCUT2D eigenvalue weighted by Gasteiger charge is 2.11. The minimum Gasteiger partial charge on any atom is -0.349 e. The molecular weight excluding hydrogens is 236 g/mol. The van der Waals surface area contributed by atoms with Crippen LogP contribution in [0.25, 0.3) is 10.8 Å². The van der Waals surface area contributed by atoms with Crippen molar-refractivity contribution in [1.82, 2.24) is 10.3 Å². The molecule has 0 unspecified atom stereocenters. The lowest BCUT2D eigenvalue weighted by Crippen LogP contribution is -2.27. The molecule has 17 heavy (non-hydrogen) atoms. The number of rotatable bonds is 3. The molecule has 2 rings (SSSR count). The monoisotopic (exact) mass is 248 g/mol. The molecule has 1 N–H and O–H groups in total. The largest absolute Gasteiger partial charge is 0.349 e. The van der Waals surface area contributed by atoms with E-state index in [1.54, 1.807) is 6.20 Å². The number of hydrogen-bond donors (Lipinski definition) is 1. The molecule has 0 radical (unpaired) electrons. The standard InChI is InChI=1S/C13H13ClN2O/c1-9(16-13(17)7-14)11-4-2-3-10-8-15-6-5-12(10)11/h2-6,8-9H,7H2,1H3,(H,16,17)/t9-/m1/s1. The van der Waals surface area contributed by atoms with E-state index in [0.29, 0.717) is 0 Å². The van der Waals surface area contributed by atoms with Gasteiger partial charge in [-0.25, -0.2) is 0 Å². The van der Waals surface area contributed by atoms with Gasteiger partial charge in [-0.3, -0.25) is 9.78 Å². The number of alkyl halides is 1. The summed E-state index contributed by atoms with van der Waals surface area (Å²) in [7, 11) is 0. The van der Waals surface area contributed by atoms with Crippen molar-refractivity contribution in [3.05, 3.63) is 42.2 Å². The van der Waals surface area contributed by atoms with Crippen LogP contribution in [0.4, 0.5) is 0 Å². The van der Waals surface area contributed by atoms with Crippen molar-refractivity contribution in [3.63, 3.8) is 0 Å². The summed E-state index contributed by atoms with van der Waals surface area (Å²) in [6, 6.07) is 7.85.